The monoisotopic (exact) mass is 248 g/mol. The van der Waals surface area contributed by atoms with Crippen LogP contribution in [0.2, 0.25) is 0 Å². The first kappa shape index (κ1) is 13.8. The second-order valence-corrected chi connectivity index (χ2v) is 4.65. The fourth-order valence-corrected chi connectivity index (χ4v) is 1.29. The number of carbonyl (C=O) groups is 1. The van der Waals surface area contributed by atoms with Gasteiger partial charge in [0.25, 0.3) is 0 Å². The Bertz CT molecular complexity index is 484. The molecule has 1 rings (SSSR count). The van der Waals surface area contributed by atoms with Gasteiger partial charge in [-0.2, -0.15) is 5.26 Å². The van der Waals surface area contributed by atoms with E-state index in [1.807, 2.05) is 6.07 Å². The number of hydrogen-bond acceptors (Lipinski definition) is 4. The average molecular weight is 248 g/mol. The number of amides is 1. The fourth-order valence-electron chi connectivity index (χ4n) is 1.29. The highest BCUT2D eigenvalue weighted by atomic mass is 16.6. The molecule has 5 heteroatoms. The number of carbonyl (C=O) groups excluding carboxylic acids is 1. The van der Waals surface area contributed by atoms with Gasteiger partial charge in [0, 0.05) is 5.69 Å². The number of nitrogens with zero attached hydrogens (tertiary/aromatic N) is 1. The Balaban J connectivity index is 2.81. The maximum absolute atomic E-state index is 11.5. The molecule has 0 heterocycles. The molecular formula is C13H16N2O3. The summed E-state index contributed by atoms with van der Waals surface area (Å²) in [4.78, 5) is 11.5. The van der Waals surface area contributed by atoms with E-state index in [0.29, 0.717) is 17.0 Å². The summed E-state index contributed by atoms with van der Waals surface area (Å²) in [5, 5.41) is 11.5. The molecule has 0 aliphatic heterocycles. The van der Waals surface area contributed by atoms with Crippen molar-refractivity contribution in [2.24, 2.45) is 0 Å². The van der Waals surface area contributed by atoms with Crippen LogP contribution in [0.25, 0.3) is 0 Å². The van der Waals surface area contributed by atoms with Crippen molar-refractivity contribution in [3.05, 3.63) is 23.8 Å². The standard InChI is InChI=1S/C13H16N2O3/c1-13(2,3)18-12(16)15-10-5-6-11(17-4)9(7-10)8-14/h5-7H,1-4H3,(H,15,16). The summed E-state index contributed by atoms with van der Waals surface area (Å²) in [6.45, 7) is 5.34. The molecule has 0 fully saturated rings. The van der Waals surface area contributed by atoms with Gasteiger partial charge < -0.3 is 9.47 Å². The van der Waals surface area contributed by atoms with E-state index in [4.69, 9.17) is 14.7 Å². The maximum Gasteiger partial charge on any atom is 0.412 e. The number of benzene rings is 1. The van der Waals surface area contributed by atoms with E-state index >= 15 is 0 Å². The zero-order valence-corrected chi connectivity index (χ0v) is 10.9. The number of methoxy groups -OCH3 is 1. The Labute approximate surface area is 106 Å². The number of ether oxygens (including phenoxy) is 2. The van der Waals surface area contributed by atoms with Crippen molar-refractivity contribution in [2.75, 3.05) is 12.4 Å². The van der Waals surface area contributed by atoms with Crippen LogP contribution < -0.4 is 10.1 Å². The van der Waals surface area contributed by atoms with E-state index in [-0.39, 0.29) is 0 Å². The van der Waals surface area contributed by atoms with Gasteiger partial charge in [-0.25, -0.2) is 4.79 Å². The molecule has 0 aliphatic carbocycles. The maximum atomic E-state index is 11.5. The molecule has 0 saturated heterocycles. The number of nitriles is 1. The normalized spacial score (nSPS) is 10.4. The lowest BCUT2D eigenvalue weighted by Gasteiger charge is -2.19. The summed E-state index contributed by atoms with van der Waals surface area (Å²) in [5.74, 6) is 0.465. The van der Waals surface area contributed by atoms with Crippen LogP contribution >= 0.6 is 0 Å². The first-order valence-electron chi connectivity index (χ1n) is 5.44. The van der Waals surface area contributed by atoms with Gasteiger partial charge in [-0.3, -0.25) is 5.32 Å². The molecule has 1 aromatic rings. The van der Waals surface area contributed by atoms with Crippen LogP contribution in [0.5, 0.6) is 5.75 Å². The predicted molar refractivity (Wildman–Crippen MR) is 67.6 cm³/mol. The SMILES string of the molecule is COc1ccc(NC(=O)OC(C)(C)C)cc1C#N. The summed E-state index contributed by atoms with van der Waals surface area (Å²) in [6, 6.07) is 6.78. The lowest BCUT2D eigenvalue weighted by molar-refractivity contribution is 0.0636. The molecule has 1 aromatic carbocycles. The van der Waals surface area contributed by atoms with E-state index in [0.717, 1.165) is 0 Å². The molecular weight excluding hydrogens is 232 g/mol. The van der Waals surface area contributed by atoms with Crippen LogP contribution in [0.4, 0.5) is 10.5 Å². The highest BCUT2D eigenvalue weighted by molar-refractivity contribution is 5.85. The summed E-state index contributed by atoms with van der Waals surface area (Å²) in [6.07, 6.45) is -0.559. The molecule has 1 N–H and O–H groups in total. The Kier molecular flexibility index (Phi) is 4.16. The first-order chi connectivity index (χ1) is 8.35. The predicted octanol–water partition coefficient (Wildman–Crippen LogP) is 2.91. The van der Waals surface area contributed by atoms with Gasteiger partial charge in [0.2, 0.25) is 0 Å². The van der Waals surface area contributed by atoms with Crippen molar-refractivity contribution in [3.63, 3.8) is 0 Å². The molecule has 0 spiro atoms. The van der Waals surface area contributed by atoms with E-state index in [1.165, 1.54) is 13.2 Å². The first-order valence-corrected chi connectivity index (χ1v) is 5.44. The highest BCUT2D eigenvalue weighted by Gasteiger charge is 2.16. The second-order valence-electron chi connectivity index (χ2n) is 4.65. The van der Waals surface area contributed by atoms with Crippen molar-refractivity contribution in [2.45, 2.75) is 26.4 Å². The minimum atomic E-state index is -0.561. The van der Waals surface area contributed by atoms with Gasteiger partial charge in [-0.05, 0) is 39.0 Å². The van der Waals surface area contributed by atoms with Gasteiger partial charge in [0.05, 0.1) is 12.7 Å². The number of hydrogen-bond donors (Lipinski definition) is 1. The minimum Gasteiger partial charge on any atom is -0.495 e. The lowest BCUT2D eigenvalue weighted by Crippen LogP contribution is -2.27. The van der Waals surface area contributed by atoms with Crippen LogP contribution in [0.1, 0.15) is 26.3 Å². The number of nitrogens with one attached hydrogen (secondary N) is 1. The van der Waals surface area contributed by atoms with Gasteiger partial charge in [0.1, 0.15) is 17.4 Å². The molecule has 96 valence electrons. The van der Waals surface area contributed by atoms with Gasteiger partial charge in [-0.15, -0.1) is 0 Å². The van der Waals surface area contributed by atoms with E-state index < -0.39 is 11.7 Å². The largest absolute Gasteiger partial charge is 0.495 e. The van der Waals surface area contributed by atoms with E-state index in [2.05, 4.69) is 5.32 Å². The van der Waals surface area contributed by atoms with Gasteiger partial charge in [-0.1, -0.05) is 0 Å². The second kappa shape index (κ2) is 5.41. The molecule has 0 saturated carbocycles. The quantitative estimate of drug-likeness (QED) is 0.873. The Morgan fingerprint density at radius 1 is 1.39 bits per heavy atom. The summed E-state index contributed by atoms with van der Waals surface area (Å²) in [7, 11) is 1.48. The van der Waals surface area contributed by atoms with E-state index in [1.54, 1.807) is 32.9 Å². The highest BCUT2D eigenvalue weighted by Crippen LogP contribution is 2.22. The molecule has 0 aliphatic rings. The van der Waals surface area contributed by atoms with Gasteiger partial charge in [0.15, 0.2) is 0 Å². The molecule has 1 amide bonds. The summed E-state index contributed by atoms with van der Waals surface area (Å²) >= 11 is 0. The zero-order valence-electron chi connectivity index (χ0n) is 10.9. The number of anilines is 1. The van der Waals surface area contributed by atoms with Crippen molar-refractivity contribution >= 4 is 11.8 Å². The smallest absolute Gasteiger partial charge is 0.412 e. The molecule has 0 atom stereocenters. The molecule has 18 heavy (non-hydrogen) atoms. The Hall–Kier alpha value is -2.22. The van der Waals surface area contributed by atoms with Crippen LogP contribution in [0.15, 0.2) is 18.2 Å². The van der Waals surface area contributed by atoms with Crippen LogP contribution in [-0.2, 0) is 4.74 Å². The van der Waals surface area contributed by atoms with Crippen molar-refractivity contribution in [1.29, 1.82) is 5.26 Å². The molecule has 0 unspecified atom stereocenters. The Morgan fingerprint density at radius 2 is 2.06 bits per heavy atom. The van der Waals surface area contributed by atoms with Crippen molar-refractivity contribution in [1.82, 2.24) is 0 Å². The van der Waals surface area contributed by atoms with Crippen LogP contribution in [0, 0.1) is 11.3 Å². The molecule has 0 aromatic heterocycles. The third kappa shape index (κ3) is 3.98. The third-order valence-corrected chi connectivity index (χ3v) is 1.97. The third-order valence-electron chi connectivity index (χ3n) is 1.97. The molecule has 0 radical (unpaired) electrons. The summed E-state index contributed by atoms with van der Waals surface area (Å²) < 4.78 is 10.1. The molecule has 5 nitrogen and oxygen atoms in total. The Morgan fingerprint density at radius 3 is 2.56 bits per heavy atom. The van der Waals surface area contributed by atoms with Crippen LogP contribution in [0.3, 0.4) is 0 Å². The van der Waals surface area contributed by atoms with E-state index in [9.17, 15) is 4.79 Å². The zero-order chi connectivity index (χ0) is 13.8. The van der Waals surface area contributed by atoms with Crippen molar-refractivity contribution < 1.29 is 14.3 Å². The topological polar surface area (TPSA) is 71.3 Å². The molecule has 0 bridgehead atoms. The van der Waals surface area contributed by atoms with Gasteiger partial charge >= 0.3 is 6.09 Å². The van der Waals surface area contributed by atoms with Crippen molar-refractivity contribution in [3.8, 4) is 11.8 Å². The number of rotatable bonds is 2. The van der Waals surface area contributed by atoms with Crippen LogP contribution in [-0.4, -0.2) is 18.8 Å². The summed E-state index contributed by atoms with van der Waals surface area (Å²) in [5.41, 5.74) is 0.280. The fraction of sp³-hybridized carbons (Fsp3) is 0.385. The minimum absolute atomic E-state index is 0.353. The lowest BCUT2D eigenvalue weighted by atomic mass is 10.2. The average Bonchev–Trinajstić information content (AvgIpc) is 2.26.